The van der Waals surface area contributed by atoms with Crippen molar-refractivity contribution in [2.45, 2.75) is 103 Å². The Balaban J connectivity index is 1.27. The summed E-state index contributed by atoms with van der Waals surface area (Å²) in [4.78, 5) is 4.31. The molecule has 1 unspecified atom stereocenters. The van der Waals surface area contributed by atoms with E-state index >= 15 is 0 Å². The Kier molecular flexibility index (Phi) is 6.36. The summed E-state index contributed by atoms with van der Waals surface area (Å²) in [7, 11) is 0. The van der Waals surface area contributed by atoms with Gasteiger partial charge in [-0.05, 0) is 129 Å². The second-order valence-corrected chi connectivity index (χ2v) is 12.7. The SMILES string of the molecule is CCC[C@@]1(O)CC[C@H]2[C@H](CC[C@@H]3[C@@H]2CC[C@]2(C)[C@@H](C(C)Cc4ccc(C#N)nc4)CC[C@@H]32)C1. The molecule has 4 saturated carbocycles. The number of pyridine rings is 1. The van der Waals surface area contributed by atoms with Gasteiger partial charge in [-0.25, -0.2) is 4.98 Å². The van der Waals surface area contributed by atoms with Crippen molar-refractivity contribution < 1.29 is 5.11 Å². The molecular formula is C30H44N2O. The van der Waals surface area contributed by atoms with E-state index in [1.165, 1.54) is 50.5 Å². The molecule has 1 aromatic rings. The van der Waals surface area contributed by atoms with Gasteiger partial charge in [-0.3, -0.25) is 0 Å². The number of nitrogens with zero attached hydrogens (tertiary/aromatic N) is 2. The number of fused-ring (bicyclic) bond motifs is 5. The maximum atomic E-state index is 11.1. The topological polar surface area (TPSA) is 56.9 Å². The fourth-order valence-electron chi connectivity index (χ4n) is 9.76. The lowest BCUT2D eigenvalue weighted by Gasteiger charge is -2.57. The molecule has 3 nitrogen and oxygen atoms in total. The first-order valence-electron chi connectivity index (χ1n) is 13.9. The summed E-state index contributed by atoms with van der Waals surface area (Å²) in [6, 6.07) is 6.12. The molecular weight excluding hydrogens is 404 g/mol. The van der Waals surface area contributed by atoms with Gasteiger partial charge in [-0.15, -0.1) is 0 Å². The minimum Gasteiger partial charge on any atom is -0.390 e. The van der Waals surface area contributed by atoms with Crippen molar-refractivity contribution in [2.75, 3.05) is 0 Å². The number of rotatable bonds is 5. The van der Waals surface area contributed by atoms with E-state index in [-0.39, 0.29) is 5.60 Å². The second kappa shape index (κ2) is 8.99. The third-order valence-corrected chi connectivity index (χ3v) is 11.1. The molecule has 4 fully saturated rings. The van der Waals surface area contributed by atoms with Crippen molar-refractivity contribution >= 4 is 0 Å². The summed E-state index contributed by atoms with van der Waals surface area (Å²) in [5.41, 5.74) is 1.93. The number of hydrogen-bond donors (Lipinski definition) is 1. The predicted octanol–water partition coefficient (Wildman–Crippen LogP) is 6.93. The monoisotopic (exact) mass is 448 g/mol. The van der Waals surface area contributed by atoms with Crippen LogP contribution in [0.4, 0.5) is 0 Å². The molecule has 33 heavy (non-hydrogen) atoms. The summed E-state index contributed by atoms with van der Waals surface area (Å²) >= 11 is 0. The van der Waals surface area contributed by atoms with Crippen molar-refractivity contribution in [3.63, 3.8) is 0 Å². The van der Waals surface area contributed by atoms with Crippen LogP contribution in [0.15, 0.2) is 18.3 Å². The fraction of sp³-hybridized carbons (Fsp3) is 0.800. The third-order valence-electron chi connectivity index (χ3n) is 11.1. The average Bonchev–Trinajstić information content (AvgIpc) is 3.16. The van der Waals surface area contributed by atoms with Crippen LogP contribution in [0, 0.1) is 58.2 Å². The van der Waals surface area contributed by atoms with Gasteiger partial charge in [-0.1, -0.05) is 33.3 Å². The van der Waals surface area contributed by atoms with Gasteiger partial charge in [0.1, 0.15) is 11.8 Å². The van der Waals surface area contributed by atoms with Crippen LogP contribution in [0.3, 0.4) is 0 Å². The van der Waals surface area contributed by atoms with Gasteiger partial charge >= 0.3 is 0 Å². The third kappa shape index (κ3) is 4.16. The molecule has 180 valence electrons. The fourth-order valence-corrected chi connectivity index (χ4v) is 9.76. The molecule has 9 atom stereocenters. The first kappa shape index (κ1) is 23.3. The van der Waals surface area contributed by atoms with Gasteiger partial charge in [-0.2, -0.15) is 5.26 Å². The molecule has 0 aliphatic heterocycles. The van der Waals surface area contributed by atoms with Crippen LogP contribution >= 0.6 is 0 Å². The maximum absolute atomic E-state index is 11.1. The summed E-state index contributed by atoms with van der Waals surface area (Å²) in [6.07, 6.45) is 16.9. The summed E-state index contributed by atoms with van der Waals surface area (Å²) in [5, 5.41) is 20.2. The van der Waals surface area contributed by atoms with Gasteiger partial charge < -0.3 is 5.11 Å². The van der Waals surface area contributed by atoms with E-state index in [0.29, 0.717) is 17.0 Å². The number of hydrogen-bond acceptors (Lipinski definition) is 3. The van der Waals surface area contributed by atoms with Gasteiger partial charge in [0, 0.05) is 6.20 Å². The number of aliphatic hydroxyl groups is 1. The van der Waals surface area contributed by atoms with E-state index in [0.717, 1.165) is 67.6 Å². The highest BCUT2D eigenvalue weighted by Crippen LogP contribution is 2.66. The highest BCUT2D eigenvalue weighted by Gasteiger charge is 2.58. The molecule has 1 heterocycles. The smallest absolute Gasteiger partial charge is 0.140 e. The van der Waals surface area contributed by atoms with Crippen molar-refractivity contribution in [3.8, 4) is 6.07 Å². The van der Waals surface area contributed by atoms with Crippen LogP contribution in [0.5, 0.6) is 0 Å². The number of aromatic nitrogens is 1. The lowest BCUT2D eigenvalue weighted by molar-refractivity contribution is -0.110. The molecule has 1 aromatic heterocycles. The van der Waals surface area contributed by atoms with Crippen molar-refractivity contribution in [3.05, 3.63) is 29.6 Å². The Hall–Kier alpha value is -1.40. The standard InChI is InChI=1S/C30H44N2O/c1-4-13-30(33)15-12-24-22(17-30)6-8-26-25(24)11-14-29(3)27(9-10-28(26)29)20(2)16-21-5-7-23(18-31)32-19-21/h5,7,19-20,22,24-28,33H,4,6,8-17H2,1-3H3/t20?,22-,24+,25-,26-,27-,28+,29-,30-/m1/s1. The predicted molar refractivity (Wildman–Crippen MR) is 132 cm³/mol. The first-order valence-corrected chi connectivity index (χ1v) is 13.9. The minimum atomic E-state index is -0.361. The molecule has 0 spiro atoms. The Labute approximate surface area is 201 Å². The zero-order chi connectivity index (χ0) is 23.2. The van der Waals surface area contributed by atoms with Crippen LogP contribution in [0.2, 0.25) is 0 Å². The Morgan fingerprint density at radius 1 is 1.09 bits per heavy atom. The van der Waals surface area contributed by atoms with Gasteiger partial charge in [0.25, 0.3) is 0 Å². The minimum absolute atomic E-state index is 0.361. The molecule has 0 saturated heterocycles. The molecule has 3 heteroatoms. The lowest BCUT2D eigenvalue weighted by Crippen LogP contribution is -2.51. The highest BCUT2D eigenvalue weighted by molar-refractivity contribution is 5.23. The zero-order valence-corrected chi connectivity index (χ0v) is 21.1. The highest BCUT2D eigenvalue weighted by atomic mass is 16.3. The first-order chi connectivity index (χ1) is 15.9. The van der Waals surface area contributed by atoms with Crippen LogP contribution in [-0.4, -0.2) is 15.7 Å². The molecule has 0 bridgehead atoms. The van der Waals surface area contributed by atoms with E-state index in [1.807, 2.05) is 12.3 Å². The zero-order valence-electron chi connectivity index (χ0n) is 21.1. The van der Waals surface area contributed by atoms with Crippen LogP contribution in [0.1, 0.15) is 103 Å². The van der Waals surface area contributed by atoms with Crippen molar-refractivity contribution in [1.29, 1.82) is 5.26 Å². The normalized spacial score (nSPS) is 43.1. The molecule has 4 aliphatic rings. The Morgan fingerprint density at radius 2 is 1.91 bits per heavy atom. The molecule has 5 rings (SSSR count). The van der Waals surface area contributed by atoms with Gasteiger partial charge in [0.15, 0.2) is 0 Å². The number of nitriles is 1. The van der Waals surface area contributed by atoms with E-state index in [4.69, 9.17) is 5.26 Å². The van der Waals surface area contributed by atoms with Gasteiger partial charge in [0.05, 0.1) is 5.60 Å². The quantitative estimate of drug-likeness (QED) is 0.531. The largest absolute Gasteiger partial charge is 0.390 e. The van der Waals surface area contributed by atoms with Gasteiger partial charge in [0.2, 0.25) is 0 Å². The summed E-state index contributed by atoms with van der Waals surface area (Å²) in [5.74, 6) is 5.88. The molecule has 0 radical (unpaired) electrons. The maximum Gasteiger partial charge on any atom is 0.140 e. The Bertz CT molecular complexity index is 874. The van der Waals surface area contributed by atoms with Crippen LogP contribution in [0.25, 0.3) is 0 Å². The van der Waals surface area contributed by atoms with Crippen molar-refractivity contribution in [2.24, 2.45) is 46.8 Å². The lowest BCUT2D eigenvalue weighted by atomic mass is 9.48. The van der Waals surface area contributed by atoms with E-state index in [9.17, 15) is 5.11 Å². The molecule has 1 N–H and O–H groups in total. The van der Waals surface area contributed by atoms with Crippen LogP contribution in [-0.2, 0) is 6.42 Å². The summed E-state index contributed by atoms with van der Waals surface area (Å²) < 4.78 is 0. The molecule has 4 aliphatic carbocycles. The average molecular weight is 449 g/mol. The molecule has 0 aromatic carbocycles. The van der Waals surface area contributed by atoms with Crippen molar-refractivity contribution in [1.82, 2.24) is 4.98 Å². The van der Waals surface area contributed by atoms with E-state index < -0.39 is 0 Å². The van der Waals surface area contributed by atoms with E-state index in [2.05, 4.69) is 37.9 Å². The summed E-state index contributed by atoms with van der Waals surface area (Å²) in [6.45, 7) is 7.33. The second-order valence-electron chi connectivity index (χ2n) is 12.7. The van der Waals surface area contributed by atoms with Crippen LogP contribution < -0.4 is 0 Å². The van der Waals surface area contributed by atoms with E-state index in [1.54, 1.807) is 0 Å². The Morgan fingerprint density at radius 3 is 2.64 bits per heavy atom. The molecule has 0 amide bonds.